The van der Waals surface area contributed by atoms with Gasteiger partial charge in [0.05, 0.1) is 11.6 Å². The molecule has 2 aromatic rings. The number of ether oxygens (including phenoxy) is 1. The van der Waals surface area contributed by atoms with Crippen LogP contribution in [0, 0.1) is 0 Å². The molecule has 0 aliphatic carbocycles. The van der Waals surface area contributed by atoms with E-state index < -0.39 is 0 Å². The van der Waals surface area contributed by atoms with Crippen molar-refractivity contribution in [1.29, 1.82) is 0 Å². The zero-order valence-electron chi connectivity index (χ0n) is 11.0. The molecule has 2 heterocycles. The predicted octanol–water partition coefficient (Wildman–Crippen LogP) is 3.00. The van der Waals surface area contributed by atoms with Gasteiger partial charge in [-0.3, -0.25) is 0 Å². The number of hydrogen-bond acceptors (Lipinski definition) is 4. The average Bonchev–Trinajstić information content (AvgIpc) is 2.48. The first kappa shape index (κ1) is 12.4. The fraction of sp³-hybridized carbons (Fsp3) is 0.467. The van der Waals surface area contributed by atoms with Crippen molar-refractivity contribution in [2.75, 3.05) is 18.5 Å². The van der Waals surface area contributed by atoms with E-state index in [1.165, 1.54) is 19.3 Å². The third-order valence-corrected chi connectivity index (χ3v) is 3.51. The van der Waals surface area contributed by atoms with Gasteiger partial charge in [-0.15, -0.1) is 0 Å². The summed E-state index contributed by atoms with van der Waals surface area (Å²) >= 11 is 0. The van der Waals surface area contributed by atoms with Crippen LogP contribution < -0.4 is 5.32 Å². The summed E-state index contributed by atoms with van der Waals surface area (Å²) in [4.78, 5) is 8.82. The van der Waals surface area contributed by atoms with Crippen LogP contribution in [0.15, 0.2) is 30.5 Å². The highest BCUT2D eigenvalue weighted by Crippen LogP contribution is 2.16. The lowest BCUT2D eigenvalue weighted by molar-refractivity contribution is 0.0134. The van der Waals surface area contributed by atoms with Crippen LogP contribution in [0.5, 0.6) is 0 Å². The van der Waals surface area contributed by atoms with Gasteiger partial charge in [-0.05, 0) is 31.7 Å². The highest BCUT2D eigenvalue weighted by Gasteiger charge is 2.13. The minimum Gasteiger partial charge on any atom is -0.378 e. The molecule has 0 radical (unpaired) electrons. The molecule has 1 fully saturated rings. The molecule has 0 bridgehead atoms. The van der Waals surface area contributed by atoms with E-state index >= 15 is 0 Å². The van der Waals surface area contributed by atoms with Gasteiger partial charge in [0.25, 0.3) is 0 Å². The fourth-order valence-corrected chi connectivity index (χ4v) is 2.44. The van der Waals surface area contributed by atoms with Crippen LogP contribution >= 0.6 is 0 Å². The first-order valence-corrected chi connectivity index (χ1v) is 6.99. The summed E-state index contributed by atoms with van der Waals surface area (Å²) in [5.74, 6) is 0.703. The third kappa shape index (κ3) is 3.20. The van der Waals surface area contributed by atoms with Gasteiger partial charge in [0.15, 0.2) is 0 Å². The highest BCUT2D eigenvalue weighted by atomic mass is 16.5. The Kier molecular flexibility index (Phi) is 3.89. The van der Waals surface area contributed by atoms with Crippen LogP contribution in [0.1, 0.15) is 25.7 Å². The maximum Gasteiger partial charge on any atom is 0.223 e. The molecule has 3 rings (SSSR count). The molecule has 0 spiro atoms. The average molecular weight is 257 g/mol. The summed E-state index contributed by atoms with van der Waals surface area (Å²) in [7, 11) is 0. The second kappa shape index (κ2) is 5.97. The number of benzene rings is 1. The Morgan fingerprint density at radius 2 is 2.21 bits per heavy atom. The van der Waals surface area contributed by atoms with Gasteiger partial charge >= 0.3 is 0 Å². The van der Waals surface area contributed by atoms with Gasteiger partial charge in [-0.1, -0.05) is 18.2 Å². The van der Waals surface area contributed by atoms with Crippen molar-refractivity contribution in [1.82, 2.24) is 9.97 Å². The van der Waals surface area contributed by atoms with E-state index in [2.05, 4.69) is 15.3 Å². The molecule has 1 saturated heterocycles. The number of aromatic nitrogens is 2. The van der Waals surface area contributed by atoms with Crippen molar-refractivity contribution in [3.63, 3.8) is 0 Å². The van der Waals surface area contributed by atoms with Crippen LogP contribution in [0.3, 0.4) is 0 Å². The van der Waals surface area contributed by atoms with Gasteiger partial charge in [-0.25, -0.2) is 9.97 Å². The lowest BCUT2D eigenvalue weighted by Gasteiger charge is -2.22. The lowest BCUT2D eigenvalue weighted by atomic mass is 10.1. The molecule has 1 unspecified atom stereocenters. The Hall–Kier alpha value is -1.68. The first-order valence-electron chi connectivity index (χ1n) is 6.99. The number of hydrogen-bond donors (Lipinski definition) is 1. The second-order valence-corrected chi connectivity index (χ2v) is 4.96. The molecule has 0 saturated carbocycles. The van der Waals surface area contributed by atoms with Crippen LogP contribution in [0.4, 0.5) is 5.95 Å². The van der Waals surface area contributed by atoms with Gasteiger partial charge in [0.2, 0.25) is 5.95 Å². The molecule has 0 amide bonds. The van der Waals surface area contributed by atoms with Gasteiger partial charge in [-0.2, -0.15) is 0 Å². The Balaban J connectivity index is 1.56. The minimum absolute atomic E-state index is 0.404. The maximum absolute atomic E-state index is 5.71. The van der Waals surface area contributed by atoms with Crippen LogP contribution in [-0.4, -0.2) is 29.2 Å². The zero-order valence-corrected chi connectivity index (χ0v) is 11.0. The van der Waals surface area contributed by atoms with Crippen LogP contribution in [-0.2, 0) is 4.74 Å². The Morgan fingerprint density at radius 3 is 3.11 bits per heavy atom. The van der Waals surface area contributed by atoms with Crippen molar-refractivity contribution < 1.29 is 4.74 Å². The van der Waals surface area contributed by atoms with Gasteiger partial charge < -0.3 is 10.1 Å². The number of anilines is 1. The molecule has 4 heteroatoms. The summed E-state index contributed by atoms with van der Waals surface area (Å²) < 4.78 is 5.71. The van der Waals surface area contributed by atoms with Crippen molar-refractivity contribution in [2.45, 2.75) is 31.8 Å². The van der Waals surface area contributed by atoms with E-state index in [9.17, 15) is 0 Å². The summed E-state index contributed by atoms with van der Waals surface area (Å²) in [6.45, 7) is 1.78. The second-order valence-electron chi connectivity index (χ2n) is 4.96. The Morgan fingerprint density at radius 1 is 1.26 bits per heavy atom. The van der Waals surface area contributed by atoms with Crippen molar-refractivity contribution in [3.8, 4) is 0 Å². The van der Waals surface area contributed by atoms with Crippen molar-refractivity contribution >= 4 is 16.9 Å². The van der Waals surface area contributed by atoms with E-state index in [0.717, 1.165) is 30.5 Å². The molecule has 1 aromatic carbocycles. The molecule has 1 N–H and O–H groups in total. The van der Waals surface area contributed by atoms with Gasteiger partial charge in [0.1, 0.15) is 0 Å². The normalized spacial score (nSPS) is 19.5. The van der Waals surface area contributed by atoms with Crippen molar-refractivity contribution in [2.24, 2.45) is 0 Å². The number of para-hydroxylation sites is 1. The lowest BCUT2D eigenvalue weighted by Crippen LogP contribution is -2.22. The van der Waals surface area contributed by atoms with E-state index in [1.807, 2.05) is 30.5 Å². The molecular formula is C15H19N3O. The van der Waals surface area contributed by atoms with Crippen LogP contribution in [0.2, 0.25) is 0 Å². The molecular weight excluding hydrogens is 238 g/mol. The molecule has 1 aliphatic rings. The topological polar surface area (TPSA) is 47.0 Å². The van der Waals surface area contributed by atoms with Gasteiger partial charge in [0, 0.05) is 24.7 Å². The molecule has 19 heavy (non-hydrogen) atoms. The largest absolute Gasteiger partial charge is 0.378 e. The molecule has 1 aromatic heterocycles. The van der Waals surface area contributed by atoms with E-state index in [-0.39, 0.29) is 0 Å². The predicted molar refractivity (Wildman–Crippen MR) is 76.2 cm³/mol. The van der Waals surface area contributed by atoms with Crippen LogP contribution in [0.25, 0.3) is 10.9 Å². The SMILES string of the molecule is c1ccc2nc(NCCC3CCCCO3)ncc2c1. The standard InChI is InChI=1S/C15H19N3O/c1-2-7-14-12(5-1)11-17-15(18-14)16-9-8-13-6-3-4-10-19-13/h1-2,5,7,11,13H,3-4,6,8-10H2,(H,16,17,18). The minimum atomic E-state index is 0.404. The van der Waals surface area contributed by atoms with E-state index in [1.54, 1.807) is 0 Å². The highest BCUT2D eigenvalue weighted by molar-refractivity contribution is 5.78. The smallest absolute Gasteiger partial charge is 0.223 e. The number of rotatable bonds is 4. The zero-order chi connectivity index (χ0) is 12.9. The number of fused-ring (bicyclic) bond motifs is 1. The summed E-state index contributed by atoms with van der Waals surface area (Å²) in [6, 6.07) is 8.02. The fourth-order valence-electron chi connectivity index (χ4n) is 2.44. The molecule has 1 aliphatic heterocycles. The molecule has 1 atom stereocenters. The summed E-state index contributed by atoms with van der Waals surface area (Å²) in [5.41, 5.74) is 0.980. The van der Waals surface area contributed by atoms with E-state index in [0.29, 0.717) is 12.1 Å². The van der Waals surface area contributed by atoms with Crippen molar-refractivity contribution in [3.05, 3.63) is 30.5 Å². The summed E-state index contributed by atoms with van der Waals surface area (Å²) in [6.07, 6.45) is 6.97. The third-order valence-electron chi connectivity index (χ3n) is 3.51. The number of nitrogens with zero attached hydrogens (tertiary/aromatic N) is 2. The quantitative estimate of drug-likeness (QED) is 0.914. The summed E-state index contributed by atoms with van der Waals surface area (Å²) in [5, 5.41) is 4.35. The number of nitrogens with one attached hydrogen (secondary N) is 1. The monoisotopic (exact) mass is 257 g/mol. The van der Waals surface area contributed by atoms with E-state index in [4.69, 9.17) is 4.74 Å². The molecule has 4 nitrogen and oxygen atoms in total. The Labute approximate surface area is 113 Å². The first-order chi connectivity index (χ1) is 9.42. The maximum atomic E-state index is 5.71. The molecule has 100 valence electrons. The Bertz CT molecular complexity index is 538.